The first-order chi connectivity index (χ1) is 17.4. The minimum atomic E-state index is -2.81. The molecule has 1 N–H and O–H groups in total. The number of nitrogens with zero attached hydrogens (tertiary/aromatic N) is 5. The molecule has 4 aromatic rings. The molecule has 0 atom stereocenters. The van der Waals surface area contributed by atoms with Crippen LogP contribution in [0.3, 0.4) is 0 Å². The molecule has 182 valence electrons. The van der Waals surface area contributed by atoms with E-state index in [-0.39, 0.29) is 27.9 Å². The number of pyridine rings is 1. The summed E-state index contributed by atoms with van der Waals surface area (Å²) in [6.45, 7) is 1.64. The van der Waals surface area contributed by atoms with Crippen molar-refractivity contribution in [2.24, 2.45) is 5.92 Å². The van der Waals surface area contributed by atoms with Crippen molar-refractivity contribution in [1.82, 2.24) is 25.4 Å². The summed E-state index contributed by atoms with van der Waals surface area (Å²) in [6, 6.07) is 5.95. The van der Waals surface area contributed by atoms with Gasteiger partial charge in [-0.1, -0.05) is 17.3 Å². The van der Waals surface area contributed by atoms with Gasteiger partial charge in [-0.05, 0) is 48.6 Å². The Morgan fingerprint density at radius 3 is 2.72 bits per heavy atom. The van der Waals surface area contributed by atoms with Gasteiger partial charge in [0, 0.05) is 29.5 Å². The van der Waals surface area contributed by atoms with Gasteiger partial charge in [-0.3, -0.25) is 15.1 Å². The Morgan fingerprint density at radius 1 is 1.19 bits per heavy atom. The summed E-state index contributed by atoms with van der Waals surface area (Å²) < 4.78 is 37.8. The summed E-state index contributed by atoms with van der Waals surface area (Å²) >= 11 is 1.15. The predicted octanol–water partition coefficient (Wildman–Crippen LogP) is 4.92. The van der Waals surface area contributed by atoms with Crippen molar-refractivity contribution in [3.8, 4) is 40.2 Å². The zero-order valence-electron chi connectivity index (χ0n) is 19.1. The van der Waals surface area contributed by atoms with E-state index < -0.39 is 18.0 Å². The van der Waals surface area contributed by atoms with E-state index in [4.69, 9.17) is 9.15 Å². The van der Waals surface area contributed by atoms with E-state index >= 15 is 0 Å². The van der Waals surface area contributed by atoms with E-state index in [2.05, 4.69) is 42.5 Å². The van der Waals surface area contributed by atoms with Crippen molar-refractivity contribution in [1.29, 1.82) is 0 Å². The lowest BCUT2D eigenvalue weighted by Crippen LogP contribution is -2.13. The van der Waals surface area contributed by atoms with Crippen molar-refractivity contribution in [2.75, 3.05) is 12.4 Å². The highest BCUT2D eigenvalue weighted by Gasteiger charge is 2.22. The molecular formula is C24H18F2N6O3S. The number of halogens is 2. The first-order valence-corrected chi connectivity index (χ1v) is 11.7. The summed E-state index contributed by atoms with van der Waals surface area (Å²) in [6.07, 6.45) is 0.550. The topological polar surface area (TPSA) is 116 Å². The van der Waals surface area contributed by atoms with Crippen molar-refractivity contribution in [2.45, 2.75) is 26.2 Å². The number of methoxy groups -OCH3 is 1. The number of hydrogen-bond donors (Lipinski definition) is 1. The van der Waals surface area contributed by atoms with Crippen molar-refractivity contribution >= 4 is 22.4 Å². The largest absolute Gasteiger partial charge is 0.494 e. The quantitative estimate of drug-likeness (QED) is 0.365. The van der Waals surface area contributed by atoms with Gasteiger partial charge in [-0.2, -0.15) is 0 Å². The molecule has 12 heteroatoms. The molecule has 1 fully saturated rings. The molecule has 9 nitrogen and oxygen atoms in total. The molecule has 1 aliphatic carbocycles. The Labute approximate surface area is 208 Å². The summed E-state index contributed by atoms with van der Waals surface area (Å²) in [7, 11) is 1.39. The van der Waals surface area contributed by atoms with Gasteiger partial charge >= 0.3 is 0 Å². The van der Waals surface area contributed by atoms with Gasteiger partial charge in [0.2, 0.25) is 16.9 Å². The summed E-state index contributed by atoms with van der Waals surface area (Å²) in [5.74, 6) is 6.72. The number of alkyl halides is 2. The van der Waals surface area contributed by atoms with Crippen LogP contribution < -0.4 is 10.1 Å². The molecule has 0 aliphatic heterocycles. The second-order valence-electron chi connectivity index (χ2n) is 7.91. The Bertz CT molecular complexity index is 1500. The number of benzene rings is 1. The standard InChI is InChI=1S/C24H18F2N6O3S/c1-12-29-31-23(35-12)14-6-7-15(16(9-14)17-10-18(21(25)26)27-11-19(17)34-2)22(33)28-24-32-30-20(36-24)8-5-13-3-4-13/h6-7,9-11,13,21H,3-4H2,1-2H3,(H,28,32,33). The van der Waals surface area contributed by atoms with Crippen LogP contribution in [0.2, 0.25) is 0 Å². The Morgan fingerprint density at radius 2 is 2.03 bits per heavy atom. The van der Waals surface area contributed by atoms with Gasteiger partial charge in [0.25, 0.3) is 12.3 Å². The third-order valence-electron chi connectivity index (χ3n) is 5.27. The van der Waals surface area contributed by atoms with Crippen LogP contribution in [-0.4, -0.2) is 38.4 Å². The fourth-order valence-corrected chi connectivity index (χ4v) is 3.94. The maximum atomic E-state index is 13.5. The fraction of sp³-hybridized carbons (Fsp3) is 0.250. The number of ether oxygens (including phenoxy) is 1. The Kier molecular flexibility index (Phi) is 6.39. The summed E-state index contributed by atoms with van der Waals surface area (Å²) in [5, 5.41) is 19.3. The SMILES string of the molecule is COc1cnc(C(F)F)cc1-c1cc(-c2nnc(C)o2)ccc1C(=O)Nc1nnc(C#CC2CC2)s1. The molecule has 5 rings (SSSR count). The molecule has 0 unspecified atom stereocenters. The average molecular weight is 509 g/mol. The molecule has 1 saturated carbocycles. The fourth-order valence-electron chi connectivity index (χ4n) is 3.34. The lowest BCUT2D eigenvalue weighted by atomic mass is 9.96. The van der Waals surface area contributed by atoms with Gasteiger partial charge in [-0.15, -0.1) is 20.4 Å². The van der Waals surface area contributed by atoms with Crippen molar-refractivity contribution in [3.05, 3.63) is 52.6 Å². The number of aryl methyl sites for hydroxylation is 1. The van der Waals surface area contributed by atoms with Crippen LogP contribution in [0.1, 0.15) is 46.2 Å². The van der Waals surface area contributed by atoms with Crippen LogP contribution >= 0.6 is 11.3 Å². The Hall–Kier alpha value is -4.24. The van der Waals surface area contributed by atoms with E-state index in [1.54, 1.807) is 19.1 Å². The highest BCUT2D eigenvalue weighted by Crippen LogP contribution is 2.37. The lowest BCUT2D eigenvalue weighted by Gasteiger charge is -2.14. The van der Waals surface area contributed by atoms with Crippen LogP contribution in [0.4, 0.5) is 13.9 Å². The minimum Gasteiger partial charge on any atom is -0.494 e. The van der Waals surface area contributed by atoms with Crippen LogP contribution in [0.5, 0.6) is 5.75 Å². The summed E-state index contributed by atoms with van der Waals surface area (Å²) in [5.41, 5.74) is 0.771. The number of carbonyl (C=O) groups is 1. The zero-order valence-corrected chi connectivity index (χ0v) is 19.9. The molecule has 0 saturated heterocycles. The summed E-state index contributed by atoms with van der Waals surface area (Å²) in [4.78, 5) is 17.1. The van der Waals surface area contributed by atoms with Crippen LogP contribution in [0.25, 0.3) is 22.6 Å². The van der Waals surface area contributed by atoms with Crippen LogP contribution in [0.15, 0.2) is 34.9 Å². The number of anilines is 1. The molecule has 1 aliphatic rings. The number of hydrogen-bond acceptors (Lipinski definition) is 9. The molecule has 1 aromatic carbocycles. The van der Waals surface area contributed by atoms with E-state index in [9.17, 15) is 13.6 Å². The highest BCUT2D eigenvalue weighted by molar-refractivity contribution is 7.15. The van der Waals surface area contributed by atoms with Gasteiger partial charge < -0.3 is 9.15 Å². The third kappa shape index (κ3) is 5.06. The van der Waals surface area contributed by atoms with Crippen LogP contribution in [-0.2, 0) is 0 Å². The second kappa shape index (κ2) is 9.79. The Balaban J connectivity index is 1.55. The van der Waals surface area contributed by atoms with E-state index in [1.165, 1.54) is 25.4 Å². The molecule has 3 aromatic heterocycles. The highest BCUT2D eigenvalue weighted by atomic mass is 32.1. The molecule has 3 heterocycles. The molecule has 1 amide bonds. The number of rotatable bonds is 6. The number of nitrogens with one attached hydrogen (secondary N) is 1. The van der Waals surface area contributed by atoms with Crippen LogP contribution in [0, 0.1) is 24.7 Å². The molecule has 36 heavy (non-hydrogen) atoms. The van der Waals surface area contributed by atoms with E-state index in [1.807, 2.05) is 0 Å². The first kappa shape index (κ1) is 23.5. The van der Waals surface area contributed by atoms with E-state index in [0.717, 1.165) is 24.2 Å². The maximum absolute atomic E-state index is 13.5. The van der Waals surface area contributed by atoms with Crippen molar-refractivity contribution in [3.63, 3.8) is 0 Å². The lowest BCUT2D eigenvalue weighted by molar-refractivity contribution is 0.102. The van der Waals surface area contributed by atoms with Gasteiger partial charge in [0.15, 0.2) is 5.01 Å². The molecule has 0 radical (unpaired) electrons. The average Bonchev–Trinajstić information content (AvgIpc) is 3.44. The van der Waals surface area contributed by atoms with Gasteiger partial charge in [0.1, 0.15) is 11.4 Å². The number of amides is 1. The smallest absolute Gasteiger partial charge is 0.280 e. The van der Waals surface area contributed by atoms with Gasteiger partial charge in [0.05, 0.1) is 13.3 Å². The molecular weight excluding hydrogens is 490 g/mol. The number of aromatic nitrogens is 5. The molecule has 0 spiro atoms. The zero-order chi connectivity index (χ0) is 25.2. The monoisotopic (exact) mass is 508 g/mol. The second-order valence-corrected chi connectivity index (χ2v) is 8.88. The first-order valence-electron chi connectivity index (χ1n) is 10.8. The maximum Gasteiger partial charge on any atom is 0.280 e. The molecule has 0 bridgehead atoms. The van der Waals surface area contributed by atoms with E-state index in [0.29, 0.717) is 27.9 Å². The normalized spacial score (nSPS) is 12.8. The number of carbonyl (C=O) groups excluding carboxylic acids is 1. The van der Waals surface area contributed by atoms with Gasteiger partial charge in [-0.25, -0.2) is 8.78 Å². The third-order valence-corrected chi connectivity index (χ3v) is 6.02. The predicted molar refractivity (Wildman–Crippen MR) is 127 cm³/mol. The minimum absolute atomic E-state index is 0.181. The van der Waals surface area contributed by atoms with Crippen molar-refractivity contribution < 1.29 is 22.7 Å².